The van der Waals surface area contributed by atoms with Crippen molar-refractivity contribution < 1.29 is 14.3 Å². The SMILES string of the molecule is CCn1c(SCC(=O)Nc2sc3c(c2C(N)=O)CCC(C)C3)nnc1-c1ccc(OC)cc1. The van der Waals surface area contributed by atoms with E-state index in [9.17, 15) is 9.59 Å². The van der Waals surface area contributed by atoms with Crippen LogP contribution in [0.1, 0.15) is 41.1 Å². The molecule has 0 fully saturated rings. The van der Waals surface area contributed by atoms with E-state index in [1.807, 2.05) is 35.8 Å². The molecule has 1 aliphatic rings. The number of carbonyl (C=O) groups is 2. The molecular formula is C23H27N5O3S2. The molecule has 2 heterocycles. The van der Waals surface area contributed by atoms with Crippen LogP contribution in [-0.2, 0) is 24.2 Å². The molecule has 2 aromatic heterocycles. The number of benzene rings is 1. The van der Waals surface area contributed by atoms with Gasteiger partial charge in [0.2, 0.25) is 5.91 Å². The van der Waals surface area contributed by atoms with Crippen LogP contribution in [0.3, 0.4) is 0 Å². The Balaban J connectivity index is 1.46. The molecule has 0 saturated carbocycles. The highest BCUT2D eigenvalue weighted by Gasteiger charge is 2.27. The lowest BCUT2D eigenvalue weighted by atomic mass is 9.88. The first-order valence-corrected chi connectivity index (χ1v) is 12.7. The summed E-state index contributed by atoms with van der Waals surface area (Å²) in [5.41, 5.74) is 8.05. The molecule has 0 spiro atoms. The molecule has 4 rings (SSSR count). The largest absolute Gasteiger partial charge is 0.497 e. The average molecular weight is 486 g/mol. The van der Waals surface area contributed by atoms with Crippen molar-refractivity contribution in [1.29, 1.82) is 0 Å². The van der Waals surface area contributed by atoms with Crippen LogP contribution in [0.5, 0.6) is 5.75 Å². The Hall–Kier alpha value is -2.85. The van der Waals surface area contributed by atoms with Gasteiger partial charge in [-0.2, -0.15) is 0 Å². The Labute approximate surface area is 200 Å². The Morgan fingerprint density at radius 2 is 2.06 bits per heavy atom. The number of nitrogens with one attached hydrogen (secondary N) is 1. The second kappa shape index (κ2) is 9.96. The minimum atomic E-state index is -0.486. The van der Waals surface area contributed by atoms with E-state index in [0.29, 0.717) is 28.2 Å². The Morgan fingerprint density at radius 1 is 1.30 bits per heavy atom. The first-order chi connectivity index (χ1) is 15.9. The van der Waals surface area contributed by atoms with E-state index < -0.39 is 5.91 Å². The highest BCUT2D eigenvalue weighted by molar-refractivity contribution is 7.99. The summed E-state index contributed by atoms with van der Waals surface area (Å²) in [6.45, 7) is 4.88. The minimum Gasteiger partial charge on any atom is -0.497 e. The summed E-state index contributed by atoms with van der Waals surface area (Å²) >= 11 is 2.78. The maximum absolute atomic E-state index is 12.7. The number of rotatable bonds is 8. The summed E-state index contributed by atoms with van der Waals surface area (Å²) < 4.78 is 7.19. The van der Waals surface area contributed by atoms with Gasteiger partial charge in [-0.3, -0.25) is 9.59 Å². The van der Waals surface area contributed by atoms with Gasteiger partial charge in [-0.25, -0.2) is 0 Å². The maximum atomic E-state index is 12.7. The van der Waals surface area contributed by atoms with Crippen molar-refractivity contribution in [1.82, 2.24) is 14.8 Å². The smallest absolute Gasteiger partial charge is 0.251 e. The number of primary amides is 1. The lowest BCUT2D eigenvalue weighted by Gasteiger charge is -2.18. The molecule has 33 heavy (non-hydrogen) atoms. The Morgan fingerprint density at radius 3 is 2.73 bits per heavy atom. The number of amides is 2. The van der Waals surface area contributed by atoms with Crippen molar-refractivity contribution in [3.8, 4) is 17.1 Å². The lowest BCUT2D eigenvalue weighted by molar-refractivity contribution is -0.113. The number of ether oxygens (including phenoxy) is 1. The summed E-state index contributed by atoms with van der Waals surface area (Å²) in [5, 5.41) is 12.7. The zero-order valence-corrected chi connectivity index (χ0v) is 20.5. The molecule has 174 valence electrons. The lowest BCUT2D eigenvalue weighted by Crippen LogP contribution is -2.20. The average Bonchev–Trinajstić information content (AvgIpc) is 3.37. The number of carbonyl (C=O) groups excluding carboxylic acids is 2. The topological polar surface area (TPSA) is 112 Å². The van der Waals surface area contributed by atoms with E-state index in [-0.39, 0.29) is 11.7 Å². The number of hydrogen-bond acceptors (Lipinski definition) is 7. The van der Waals surface area contributed by atoms with E-state index in [4.69, 9.17) is 10.5 Å². The monoisotopic (exact) mass is 485 g/mol. The van der Waals surface area contributed by atoms with Gasteiger partial charge in [0.1, 0.15) is 10.8 Å². The number of nitrogens with zero attached hydrogens (tertiary/aromatic N) is 3. The second-order valence-corrected chi connectivity index (χ2v) is 10.1. The molecule has 1 unspecified atom stereocenters. The van der Waals surface area contributed by atoms with Crippen LogP contribution >= 0.6 is 23.1 Å². The molecule has 0 aliphatic heterocycles. The van der Waals surface area contributed by atoms with Gasteiger partial charge >= 0.3 is 0 Å². The molecule has 1 aromatic carbocycles. The van der Waals surface area contributed by atoms with Crippen molar-refractivity contribution in [3.05, 3.63) is 40.3 Å². The Kier molecular flexibility index (Phi) is 7.04. The van der Waals surface area contributed by atoms with Gasteiger partial charge in [0, 0.05) is 17.0 Å². The van der Waals surface area contributed by atoms with Gasteiger partial charge in [0.25, 0.3) is 5.91 Å². The van der Waals surface area contributed by atoms with Crippen LogP contribution in [-0.4, -0.2) is 39.4 Å². The molecule has 8 nitrogen and oxygen atoms in total. The van der Waals surface area contributed by atoms with Gasteiger partial charge in [-0.05, 0) is 61.9 Å². The normalized spacial score (nSPS) is 15.2. The van der Waals surface area contributed by atoms with Crippen LogP contribution in [0.2, 0.25) is 0 Å². The fourth-order valence-corrected chi connectivity index (χ4v) is 6.26. The highest BCUT2D eigenvalue weighted by Crippen LogP contribution is 2.39. The zero-order chi connectivity index (χ0) is 23.5. The van der Waals surface area contributed by atoms with Crippen LogP contribution in [0.25, 0.3) is 11.4 Å². The third kappa shape index (κ3) is 4.91. The quantitative estimate of drug-likeness (QED) is 0.467. The molecule has 1 aliphatic carbocycles. The van der Waals surface area contributed by atoms with Crippen LogP contribution in [0.4, 0.5) is 5.00 Å². The molecular weight excluding hydrogens is 458 g/mol. The third-order valence-electron chi connectivity index (χ3n) is 5.72. The number of thioether (sulfide) groups is 1. The van der Waals surface area contributed by atoms with E-state index in [1.54, 1.807) is 7.11 Å². The molecule has 1 atom stereocenters. The van der Waals surface area contributed by atoms with E-state index in [1.165, 1.54) is 23.1 Å². The summed E-state index contributed by atoms with van der Waals surface area (Å²) in [6.07, 6.45) is 2.76. The molecule has 10 heteroatoms. The number of anilines is 1. The maximum Gasteiger partial charge on any atom is 0.251 e. The first kappa shape index (κ1) is 23.3. The van der Waals surface area contributed by atoms with Gasteiger partial charge in [0.05, 0.1) is 18.4 Å². The van der Waals surface area contributed by atoms with E-state index >= 15 is 0 Å². The highest BCUT2D eigenvalue weighted by atomic mass is 32.2. The van der Waals surface area contributed by atoms with Crippen molar-refractivity contribution in [2.75, 3.05) is 18.2 Å². The van der Waals surface area contributed by atoms with Gasteiger partial charge < -0.3 is 20.4 Å². The molecule has 3 N–H and O–H groups in total. The fourth-order valence-electron chi connectivity index (χ4n) is 4.03. The zero-order valence-electron chi connectivity index (χ0n) is 18.9. The molecule has 0 saturated heterocycles. The molecule has 2 amide bonds. The fraction of sp³-hybridized carbons (Fsp3) is 0.391. The summed E-state index contributed by atoms with van der Waals surface area (Å²) in [6, 6.07) is 7.62. The number of aromatic nitrogens is 3. The first-order valence-electron chi connectivity index (χ1n) is 10.9. The van der Waals surface area contributed by atoms with E-state index in [0.717, 1.165) is 46.8 Å². The number of nitrogens with two attached hydrogens (primary N) is 1. The summed E-state index contributed by atoms with van der Waals surface area (Å²) in [7, 11) is 1.63. The van der Waals surface area contributed by atoms with Gasteiger partial charge in [-0.1, -0.05) is 18.7 Å². The minimum absolute atomic E-state index is 0.151. The number of thiophene rings is 1. The Bertz CT molecular complexity index is 1170. The van der Waals surface area contributed by atoms with Crippen LogP contribution in [0, 0.1) is 5.92 Å². The molecule has 0 bridgehead atoms. The van der Waals surface area contributed by atoms with Crippen molar-refractivity contribution in [2.24, 2.45) is 11.7 Å². The second-order valence-electron chi connectivity index (χ2n) is 8.04. The van der Waals surface area contributed by atoms with Crippen LogP contribution in [0.15, 0.2) is 29.4 Å². The van der Waals surface area contributed by atoms with Crippen molar-refractivity contribution >= 4 is 39.9 Å². The summed E-state index contributed by atoms with van der Waals surface area (Å²) in [4.78, 5) is 26.0. The number of fused-ring (bicyclic) bond motifs is 1. The van der Waals surface area contributed by atoms with Crippen molar-refractivity contribution in [2.45, 2.75) is 44.8 Å². The predicted octanol–water partition coefficient (Wildman–Crippen LogP) is 3.99. The summed E-state index contributed by atoms with van der Waals surface area (Å²) in [5.74, 6) is 1.53. The number of methoxy groups -OCH3 is 1. The van der Waals surface area contributed by atoms with Gasteiger partial charge in [-0.15, -0.1) is 21.5 Å². The predicted molar refractivity (Wildman–Crippen MR) is 131 cm³/mol. The van der Waals surface area contributed by atoms with E-state index in [2.05, 4.69) is 22.4 Å². The molecule has 0 radical (unpaired) electrons. The standard InChI is InChI=1S/C23H27N5O3S2/c1-4-28-21(14-6-8-15(31-3)9-7-14)26-27-23(28)32-12-18(29)25-22-19(20(24)30)16-10-5-13(2)11-17(16)33-22/h6-9,13H,4-5,10-12H2,1-3H3,(H2,24,30)(H,25,29). The third-order valence-corrected chi connectivity index (χ3v) is 7.86. The van der Waals surface area contributed by atoms with Gasteiger partial charge in [0.15, 0.2) is 11.0 Å². The number of hydrogen-bond donors (Lipinski definition) is 2. The van der Waals surface area contributed by atoms with Crippen LogP contribution < -0.4 is 15.8 Å². The molecule has 3 aromatic rings. The van der Waals surface area contributed by atoms with Crippen molar-refractivity contribution in [3.63, 3.8) is 0 Å².